The Kier molecular flexibility index (Phi) is 3.44. The topological polar surface area (TPSA) is 91.8 Å². The van der Waals surface area contributed by atoms with E-state index in [2.05, 4.69) is 10.3 Å². The van der Waals surface area contributed by atoms with Gasteiger partial charge >= 0.3 is 0 Å². The number of pyridine rings is 1. The first-order valence-corrected chi connectivity index (χ1v) is 4.11. The van der Waals surface area contributed by atoms with Crippen LogP contribution in [0.4, 0.5) is 5.69 Å². The summed E-state index contributed by atoms with van der Waals surface area (Å²) in [6.45, 7) is 0.412. The van der Waals surface area contributed by atoms with Gasteiger partial charge in [0.1, 0.15) is 6.07 Å². The van der Waals surface area contributed by atoms with E-state index < -0.39 is 0 Å². The molecule has 1 rings (SSSR count). The van der Waals surface area contributed by atoms with Crippen LogP contribution in [-0.4, -0.2) is 17.4 Å². The molecule has 14 heavy (non-hydrogen) atoms. The number of aromatic nitrogens is 1. The molecule has 3 N–H and O–H groups in total. The fraction of sp³-hybridized carbons (Fsp3) is 0.222. The minimum absolute atomic E-state index is 0.236. The molecule has 5 heteroatoms. The largest absolute Gasteiger partial charge is 0.382 e. The smallest absolute Gasteiger partial charge is 0.219 e. The highest BCUT2D eigenvalue weighted by molar-refractivity contribution is 5.74. The summed E-state index contributed by atoms with van der Waals surface area (Å²) in [6, 6.07) is 5.39. The van der Waals surface area contributed by atoms with Gasteiger partial charge in [0.25, 0.3) is 0 Å². The summed E-state index contributed by atoms with van der Waals surface area (Å²) in [6.07, 6.45) is 1.78. The lowest BCUT2D eigenvalue weighted by Crippen LogP contribution is -2.16. The summed E-state index contributed by atoms with van der Waals surface area (Å²) < 4.78 is 0. The SMILES string of the molecule is N#Cc1ncccc1NCCC(N)=O. The Morgan fingerprint density at radius 2 is 2.50 bits per heavy atom. The Labute approximate surface area is 81.6 Å². The van der Waals surface area contributed by atoms with Crippen LogP contribution in [0.15, 0.2) is 18.3 Å². The van der Waals surface area contributed by atoms with Crippen molar-refractivity contribution in [1.82, 2.24) is 4.98 Å². The van der Waals surface area contributed by atoms with Crippen molar-refractivity contribution in [3.63, 3.8) is 0 Å². The van der Waals surface area contributed by atoms with Gasteiger partial charge in [-0.3, -0.25) is 4.79 Å². The maximum atomic E-state index is 10.4. The number of nitrogens with two attached hydrogens (primary N) is 1. The maximum absolute atomic E-state index is 10.4. The number of carbonyl (C=O) groups is 1. The number of nitriles is 1. The minimum Gasteiger partial charge on any atom is -0.382 e. The Bertz CT molecular complexity index is 369. The van der Waals surface area contributed by atoms with Gasteiger partial charge in [0, 0.05) is 19.2 Å². The van der Waals surface area contributed by atoms with Crippen LogP contribution < -0.4 is 11.1 Å². The first-order valence-electron chi connectivity index (χ1n) is 4.11. The second-order valence-electron chi connectivity index (χ2n) is 2.65. The van der Waals surface area contributed by atoms with Crippen molar-refractivity contribution in [3.8, 4) is 6.07 Å². The van der Waals surface area contributed by atoms with Crippen LogP contribution in [0.5, 0.6) is 0 Å². The van der Waals surface area contributed by atoms with E-state index >= 15 is 0 Å². The van der Waals surface area contributed by atoms with E-state index in [-0.39, 0.29) is 12.3 Å². The van der Waals surface area contributed by atoms with Crippen molar-refractivity contribution in [2.75, 3.05) is 11.9 Å². The average molecular weight is 190 g/mol. The number of nitrogens with one attached hydrogen (secondary N) is 1. The van der Waals surface area contributed by atoms with Gasteiger partial charge in [-0.25, -0.2) is 4.98 Å². The Morgan fingerprint density at radius 1 is 1.71 bits per heavy atom. The number of rotatable bonds is 4. The number of primary amides is 1. The lowest BCUT2D eigenvalue weighted by Gasteiger charge is -2.04. The molecule has 0 aromatic carbocycles. The molecular formula is C9H10N4O. The molecule has 1 aromatic rings. The molecule has 1 aromatic heterocycles. The van der Waals surface area contributed by atoms with E-state index in [0.717, 1.165) is 0 Å². The summed E-state index contributed by atoms with van der Waals surface area (Å²) in [5, 5.41) is 11.6. The van der Waals surface area contributed by atoms with Crippen molar-refractivity contribution in [1.29, 1.82) is 5.26 Å². The third kappa shape index (κ3) is 2.75. The van der Waals surface area contributed by atoms with Crippen molar-refractivity contribution < 1.29 is 4.79 Å². The maximum Gasteiger partial charge on any atom is 0.219 e. The molecule has 0 bridgehead atoms. The van der Waals surface area contributed by atoms with E-state index in [1.54, 1.807) is 12.1 Å². The molecule has 5 nitrogen and oxygen atoms in total. The van der Waals surface area contributed by atoms with Crippen molar-refractivity contribution in [2.24, 2.45) is 5.73 Å². The van der Waals surface area contributed by atoms with Crippen LogP contribution in [0.3, 0.4) is 0 Å². The molecule has 0 radical (unpaired) electrons. The molecule has 0 fully saturated rings. The quantitative estimate of drug-likeness (QED) is 0.711. The van der Waals surface area contributed by atoms with Crippen LogP contribution in [0.1, 0.15) is 12.1 Å². The first kappa shape index (κ1) is 9.99. The van der Waals surface area contributed by atoms with Gasteiger partial charge in [-0.1, -0.05) is 0 Å². The lowest BCUT2D eigenvalue weighted by atomic mass is 10.3. The van der Waals surface area contributed by atoms with Crippen LogP contribution in [0.2, 0.25) is 0 Å². The van der Waals surface area contributed by atoms with Crippen molar-refractivity contribution in [3.05, 3.63) is 24.0 Å². The highest BCUT2D eigenvalue weighted by Crippen LogP contribution is 2.09. The third-order valence-electron chi connectivity index (χ3n) is 1.60. The van der Waals surface area contributed by atoms with Gasteiger partial charge in [-0.2, -0.15) is 5.26 Å². The predicted molar refractivity (Wildman–Crippen MR) is 51.3 cm³/mol. The molecule has 0 atom stereocenters. The lowest BCUT2D eigenvalue weighted by molar-refractivity contribution is -0.117. The highest BCUT2D eigenvalue weighted by atomic mass is 16.1. The number of nitrogens with zero attached hydrogens (tertiary/aromatic N) is 2. The van der Waals surface area contributed by atoms with Gasteiger partial charge in [0.15, 0.2) is 5.69 Å². The van der Waals surface area contributed by atoms with Crippen molar-refractivity contribution >= 4 is 11.6 Å². The van der Waals surface area contributed by atoms with Crippen LogP contribution in [0.25, 0.3) is 0 Å². The molecule has 0 aliphatic heterocycles. The first-order chi connectivity index (χ1) is 6.74. The van der Waals surface area contributed by atoms with Crippen LogP contribution in [-0.2, 0) is 4.79 Å². The second-order valence-corrected chi connectivity index (χ2v) is 2.65. The summed E-state index contributed by atoms with van der Waals surface area (Å²) in [7, 11) is 0. The molecule has 1 heterocycles. The fourth-order valence-electron chi connectivity index (χ4n) is 0.957. The molecule has 0 aliphatic carbocycles. The molecule has 1 amide bonds. The van der Waals surface area contributed by atoms with Gasteiger partial charge in [0.05, 0.1) is 5.69 Å². The van der Waals surface area contributed by atoms with Gasteiger partial charge in [0.2, 0.25) is 5.91 Å². The Balaban J connectivity index is 2.59. The fourth-order valence-corrected chi connectivity index (χ4v) is 0.957. The van der Waals surface area contributed by atoms with E-state index in [1.165, 1.54) is 6.20 Å². The molecular weight excluding hydrogens is 180 g/mol. The number of amides is 1. The average Bonchev–Trinajstić information content (AvgIpc) is 2.18. The number of hydrogen-bond donors (Lipinski definition) is 2. The summed E-state index contributed by atoms with van der Waals surface area (Å²) >= 11 is 0. The summed E-state index contributed by atoms with van der Waals surface area (Å²) in [4.78, 5) is 14.3. The van der Waals surface area contributed by atoms with Crippen LogP contribution >= 0.6 is 0 Å². The third-order valence-corrected chi connectivity index (χ3v) is 1.60. The van der Waals surface area contributed by atoms with Gasteiger partial charge in [-0.15, -0.1) is 0 Å². The van der Waals surface area contributed by atoms with E-state index in [4.69, 9.17) is 11.0 Å². The summed E-state index contributed by atoms with van der Waals surface area (Å²) in [5.41, 5.74) is 5.91. The van der Waals surface area contributed by atoms with Crippen LogP contribution in [0, 0.1) is 11.3 Å². The van der Waals surface area contributed by atoms with Gasteiger partial charge in [-0.05, 0) is 12.1 Å². The standard InChI is InChI=1S/C9H10N4O/c10-6-8-7(2-1-4-12-8)13-5-3-9(11)14/h1-2,4,13H,3,5H2,(H2,11,14). The zero-order valence-corrected chi connectivity index (χ0v) is 7.53. The molecule has 0 saturated heterocycles. The zero-order chi connectivity index (χ0) is 10.4. The summed E-state index contributed by atoms with van der Waals surface area (Å²) in [5.74, 6) is -0.375. The molecule has 0 saturated carbocycles. The zero-order valence-electron chi connectivity index (χ0n) is 7.53. The normalized spacial score (nSPS) is 9.07. The molecule has 0 spiro atoms. The minimum atomic E-state index is -0.375. The predicted octanol–water partition coefficient (Wildman–Crippen LogP) is 0.241. The number of carbonyl (C=O) groups excluding carboxylic acids is 1. The van der Waals surface area contributed by atoms with E-state index in [1.807, 2.05) is 6.07 Å². The monoisotopic (exact) mass is 190 g/mol. The molecule has 0 unspecified atom stereocenters. The Hall–Kier alpha value is -2.09. The molecule has 72 valence electrons. The van der Waals surface area contributed by atoms with E-state index in [0.29, 0.717) is 17.9 Å². The van der Waals surface area contributed by atoms with E-state index in [9.17, 15) is 4.79 Å². The molecule has 0 aliphatic rings. The highest BCUT2D eigenvalue weighted by Gasteiger charge is 2.01. The number of anilines is 1. The number of hydrogen-bond acceptors (Lipinski definition) is 4. The Morgan fingerprint density at radius 3 is 3.14 bits per heavy atom. The van der Waals surface area contributed by atoms with Gasteiger partial charge < -0.3 is 11.1 Å². The van der Waals surface area contributed by atoms with Crippen molar-refractivity contribution in [2.45, 2.75) is 6.42 Å². The second kappa shape index (κ2) is 4.82.